The van der Waals surface area contributed by atoms with Gasteiger partial charge in [-0.2, -0.15) is 5.26 Å². The van der Waals surface area contributed by atoms with Crippen LogP contribution in [0.15, 0.2) is 36.5 Å². The molecule has 1 heterocycles. The lowest BCUT2D eigenvalue weighted by Gasteiger charge is -2.05. The van der Waals surface area contributed by atoms with Crippen LogP contribution in [0.5, 0.6) is 0 Å². The van der Waals surface area contributed by atoms with Crippen molar-refractivity contribution in [1.29, 1.82) is 5.26 Å². The van der Waals surface area contributed by atoms with Crippen molar-refractivity contribution in [2.75, 3.05) is 5.32 Å². The summed E-state index contributed by atoms with van der Waals surface area (Å²) in [5, 5.41) is 21.9. The fourth-order valence-electron chi connectivity index (χ4n) is 1.60. The summed E-state index contributed by atoms with van der Waals surface area (Å²) in [5.74, 6) is -0.533. The third kappa shape index (κ3) is 3.13. The van der Waals surface area contributed by atoms with Crippen LogP contribution in [0, 0.1) is 21.4 Å². The van der Waals surface area contributed by atoms with Crippen LogP contribution < -0.4 is 5.32 Å². The van der Waals surface area contributed by atoms with Gasteiger partial charge < -0.3 is 5.32 Å². The second-order valence-corrected chi connectivity index (χ2v) is 4.30. The lowest BCUT2D eigenvalue weighted by Crippen LogP contribution is -2.15. The minimum Gasteiger partial charge on any atom is -0.306 e. The quantitative estimate of drug-likeness (QED) is 0.692. The van der Waals surface area contributed by atoms with E-state index in [1.54, 1.807) is 0 Å². The van der Waals surface area contributed by atoms with Crippen LogP contribution in [0.2, 0.25) is 5.02 Å². The van der Waals surface area contributed by atoms with Crippen LogP contribution in [0.1, 0.15) is 15.9 Å². The Kier molecular flexibility index (Phi) is 4.11. The van der Waals surface area contributed by atoms with E-state index in [4.69, 9.17) is 16.9 Å². The lowest BCUT2D eigenvalue weighted by atomic mass is 10.1. The molecule has 1 aromatic carbocycles. The minimum atomic E-state index is -0.719. The van der Waals surface area contributed by atoms with Crippen LogP contribution >= 0.6 is 11.6 Å². The summed E-state index contributed by atoms with van der Waals surface area (Å²) in [4.78, 5) is 26.2. The van der Waals surface area contributed by atoms with Crippen LogP contribution in [0.4, 0.5) is 11.5 Å². The first-order valence-corrected chi connectivity index (χ1v) is 6.01. The van der Waals surface area contributed by atoms with Crippen molar-refractivity contribution in [3.05, 3.63) is 62.8 Å². The van der Waals surface area contributed by atoms with Gasteiger partial charge in [-0.05, 0) is 24.3 Å². The zero-order chi connectivity index (χ0) is 15.4. The Balaban J connectivity index is 2.30. The molecule has 0 atom stereocenters. The van der Waals surface area contributed by atoms with Crippen molar-refractivity contribution in [3.63, 3.8) is 0 Å². The van der Waals surface area contributed by atoms with Gasteiger partial charge in [0, 0.05) is 6.20 Å². The smallest absolute Gasteiger partial charge is 0.300 e. The number of carbonyl (C=O) groups is 1. The van der Waals surface area contributed by atoms with Gasteiger partial charge in [-0.3, -0.25) is 14.9 Å². The molecule has 1 aromatic heterocycles. The zero-order valence-electron chi connectivity index (χ0n) is 10.4. The highest BCUT2D eigenvalue weighted by Gasteiger charge is 2.23. The molecule has 0 aliphatic heterocycles. The Bertz CT molecular complexity index is 753. The predicted molar refractivity (Wildman–Crippen MR) is 75.0 cm³/mol. The number of pyridine rings is 1. The molecule has 2 aromatic rings. The average molecular weight is 303 g/mol. The van der Waals surface area contributed by atoms with Crippen LogP contribution in [-0.2, 0) is 0 Å². The molecule has 8 heteroatoms. The minimum absolute atomic E-state index is 0.125. The second kappa shape index (κ2) is 5.98. The van der Waals surface area contributed by atoms with Crippen molar-refractivity contribution >= 4 is 29.0 Å². The summed E-state index contributed by atoms with van der Waals surface area (Å²) in [7, 11) is 0. The summed E-state index contributed by atoms with van der Waals surface area (Å²) >= 11 is 5.74. The monoisotopic (exact) mass is 302 g/mol. The van der Waals surface area contributed by atoms with Gasteiger partial charge >= 0.3 is 5.69 Å². The van der Waals surface area contributed by atoms with Gasteiger partial charge in [0.05, 0.1) is 10.5 Å². The summed E-state index contributed by atoms with van der Waals surface area (Å²) in [6, 6.07) is 8.84. The number of carbonyl (C=O) groups excluding carboxylic acids is 1. The predicted octanol–water partition coefficient (Wildman–Crippen LogP) is 2.77. The number of halogens is 1. The number of anilines is 1. The molecule has 21 heavy (non-hydrogen) atoms. The molecule has 0 unspecified atom stereocenters. The topological polar surface area (TPSA) is 109 Å². The number of rotatable bonds is 3. The SMILES string of the molecule is N#Cc1ccc(NC(=O)c2cccc(Cl)c2[N+](=O)[O-])nc1. The average Bonchev–Trinajstić information content (AvgIpc) is 2.47. The van der Waals surface area contributed by atoms with E-state index in [1.165, 1.54) is 36.5 Å². The van der Waals surface area contributed by atoms with E-state index in [-0.39, 0.29) is 16.4 Å². The number of benzene rings is 1. The summed E-state index contributed by atoms with van der Waals surface area (Å²) in [5.41, 5.74) is -0.300. The molecule has 104 valence electrons. The molecule has 2 rings (SSSR count). The standard InChI is InChI=1S/C13H7ClN4O3/c14-10-3-1-2-9(12(10)18(20)21)13(19)17-11-5-4-8(6-15)7-16-11/h1-5,7H,(H,16,17,19). The van der Waals surface area contributed by atoms with Crippen molar-refractivity contribution in [2.24, 2.45) is 0 Å². The highest BCUT2D eigenvalue weighted by Crippen LogP contribution is 2.28. The van der Waals surface area contributed by atoms with Crippen molar-refractivity contribution in [3.8, 4) is 6.07 Å². The highest BCUT2D eigenvalue weighted by molar-refractivity contribution is 6.33. The van der Waals surface area contributed by atoms with Crippen LogP contribution in [-0.4, -0.2) is 15.8 Å². The summed E-state index contributed by atoms with van der Waals surface area (Å²) in [6.07, 6.45) is 1.28. The van der Waals surface area contributed by atoms with Gasteiger partial charge in [0.15, 0.2) is 0 Å². The fraction of sp³-hybridized carbons (Fsp3) is 0. The molecular formula is C13H7ClN4O3. The molecule has 0 spiro atoms. The zero-order valence-corrected chi connectivity index (χ0v) is 11.2. The van der Waals surface area contributed by atoms with Crippen LogP contribution in [0.3, 0.4) is 0 Å². The normalized spacial score (nSPS) is 9.71. The van der Waals surface area contributed by atoms with E-state index in [9.17, 15) is 14.9 Å². The van der Waals surface area contributed by atoms with E-state index in [0.29, 0.717) is 5.56 Å². The molecule has 0 bridgehead atoms. The number of nitrogens with one attached hydrogen (secondary N) is 1. The number of nitriles is 1. The van der Waals surface area contributed by atoms with E-state index < -0.39 is 16.5 Å². The van der Waals surface area contributed by atoms with E-state index in [2.05, 4.69) is 10.3 Å². The molecule has 0 aliphatic carbocycles. The largest absolute Gasteiger partial charge is 0.306 e. The van der Waals surface area contributed by atoms with Crippen molar-refractivity contribution < 1.29 is 9.72 Å². The molecule has 0 aliphatic rings. The second-order valence-electron chi connectivity index (χ2n) is 3.89. The van der Waals surface area contributed by atoms with Crippen LogP contribution in [0.25, 0.3) is 0 Å². The number of para-hydroxylation sites is 1. The maximum Gasteiger partial charge on any atom is 0.300 e. The van der Waals surface area contributed by atoms with Gasteiger partial charge in [0.2, 0.25) is 0 Å². The molecule has 0 fully saturated rings. The maximum absolute atomic E-state index is 12.1. The summed E-state index contributed by atoms with van der Waals surface area (Å²) in [6.45, 7) is 0. The molecule has 0 saturated heterocycles. The molecule has 7 nitrogen and oxygen atoms in total. The maximum atomic E-state index is 12.1. The third-order valence-corrected chi connectivity index (χ3v) is 2.85. The molecule has 0 saturated carbocycles. The van der Waals surface area contributed by atoms with E-state index in [1.807, 2.05) is 6.07 Å². The Morgan fingerprint density at radius 3 is 2.71 bits per heavy atom. The van der Waals surface area contributed by atoms with E-state index in [0.717, 1.165) is 0 Å². The first-order valence-electron chi connectivity index (χ1n) is 5.63. The lowest BCUT2D eigenvalue weighted by molar-refractivity contribution is -0.385. The molecule has 1 amide bonds. The third-order valence-electron chi connectivity index (χ3n) is 2.55. The Labute approximate surface area is 123 Å². The highest BCUT2D eigenvalue weighted by atomic mass is 35.5. The van der Waals surface area contributed by atoms with E-state index >= 15 is 0 Å². The van der Waals surface area contributed by atoms with Gasteiger partial charge in [-0.15, -0.1) is 0 Å². The molecule has 1 N–H and O–H groups in total. The van der Waals surface area contributed by atoms with Crippen molar-refractivity contribution in [1.82, 2.24) is 4.98 Å². The number of nitro groups is 1. The van der Waals surface area contributed by atoms with Gasteiger partial charge in [0.1, 0.15) is 22.5 Å². The number of amides is 1. The Morgan fingerprint density at radius 1 is 1.38 bits per heavy atom. The Hall–Kier alpha value is -2.98. The number of nitro benzene ring substituents is 1. The molecular weight excluding hydrogens is 296 g/mol. The first kappa shape index (κ1) is 14.4. The van der Waals surface area contributed by atoms with Crippen molar-refractivity contribution in [2.45, 2.75) is 0 Å². The number of aromatic nitrogens is 1. The molecule has 0 radical (unpaired) electrons. The summed E-state index contributed by atoms with van der Waals surface area (Å²) < 4.78 is 0. The van der Waals surface area contributed by atoms with Gasteiger partial charge in [0.25, 0.3) is 5.91 Å². The number of nitrogens with zero attached hydrogens (tertiary/aromatic N) is 3. The number of hydrogen-bond donors (Lipinski definition) is 1. The Morgan fingerprint density at radius 2 is 2.14 bits per heavy atom. The first-order chi connectivity index (χ1) is 10.0. The van der Waals surface area contributed by atoms with Gasteiger partial charge in [-0.25, -0.2) is 4.98 Å². The van der Waals surface area contributed by atoms with Gasteiger partial charge in [-0.1, -0.05) is 17.7 Å². The number of hydrogen-bond acceptors (Lipinski definition) is 5. The fourth-order valence-corrected chi connectivity index (χ4v) is 1.85.